The van der Waals surface area contributed by atoms with Gasteiger partial charge < -0.3 is 9.15 Å². The average molecular weight is 348 g/mol. The Labute approximate surface area is 142 Å². The Hall–Kier alpha value is -2.30. The van der Waals surface area contributed by atoms with Crippen molar-refractivity contribution in [2.45, 2.75) is 6.61 Å². The Morgan fingerprint density at radius 1 is 1.09 bits per heavy atom. The van der Waals surface area contributed by atoms with Crippen LogP contribution in [0.15, 0.2) is 59.0 Å². The van der Waals surface area contributed by atoms with E-state index in [0.29, 0.717) is 16.7 Å². The van der Waals surface area contributed by atoms with Gasteiger partial charge in [-0.25, -0.2) is 4.98 Å². The molecule has 0 amide bonds. The molecule has 0 aliphatic rings. The zero-order valence-electron chi connectivity index (χ0n) is 11.8. The summed E-state index contributed by atoms with van der Waals surface area (Å²) in [6.45, 7) is 0.0370. The number of carbonyl (C=O) groups is 1. The van der Waals surface area contributed by atoms with Gasteiger partial charge in [-0.1, -0.05) is 29.8 Å². The molecule has 0 saturated heterocycles. The second-order valence-electron chi connectivity index (χ2n) is 4.67. The lowest BCUT2D eigenvalue weighted by atomic mass is 10.2. The molecular weight excluding hydrogens is 337 g/mol. The van der Waals surface area contributed by atoms with E-state index in [1.807, 2.05) is 30.3 Å². The molecule has 6 heteroatoms. The number of rotatable bonds is 5. The molecule has 1 heterocycles. The van der Waals surface area contributed by atoms with Crippen molar-refractivity contribution in [1.29, 1.82) is 0 Å². The predicted octanol–water partition coefficient (Wildman–Crippen LogP) is 4.95. The molecule has 0 unspecified atom stereocenters. The summed E-state index contributed by atoms with van der Waals surface area (Å²) in [4.78, 5) is 15.7. The number of aromatic nitrogens is 1. The minimum atomic E-state index is -0.689. The molecule has 0 aliphatic heterocycles. The highest BCUT2D eigenvalue weighted by Gasteiger charge is 2.20. The summed E-state index contributed by atoms with van der Waals surface area (Å²) >= 11 is 11.4. The van der Waals surface area contributed by atoms with Gasteiger partial charge in [0.05, 0.1) is 0 Å². The summed E-state index contributed by atoms with van der Waals surface area (Å²) in [5.41, 5.74) is 0.809. The normalized spacial score (nSPS) is 10.5. The first-order chi connectivity index (χ1) is 11.1. The van der Waals surface area contributed by atoms with Crippen molar-refractivity contribution < 1.29 is 13.9 Å². The molecule has 116 valence electrons. The third-order valence-corrected chi connectivity index (χ3v) is 3.52. The summed E-state index contributed by atoms with van der Waals surface area (Å²) in [6.07, 6.45) is 0. The lowest BCUT2D eigenvalue weighted by Gasteiger charge is -2.04. The molecule has 0 spiro atoms. The largest absolute Gasteiger partial charge is 0.486 e. The number of nitrogens with zero attached hydrogens (tertiary/aromatic N) is 1. The highest BCUT2D eigenvalue weighted by molar-refractivity contribution is 6.67. The first-order valence-electron chi connectivity index (χ1n) is 6.77. The van der Waals surface area contributed by atoms with Crippen molar-refractivity contribution in [1.82, 2.24) is 4.98 Å². The van der Waals surface area contributed by atoms with Crippen molar-refractivity contribution in [3.05, 3.63) is 71.1 Å². The maximum absolute atomic E-state index is 11.5. The van der Waals surface area contributed by atoms with Crippen LogP contribution in [0.3, 0.4) is 0 Å². The molecule has 0 atom stereocenters. The summed E-state index contributed by atoms with van der Waals surface area (Å²) < 4.78 is 11.2. The molecule has 0 aliphatic carbocycles. The third kappa shape index (κ3) is 3.73. The standard InChI is InChI=1S/C17H11Cl2NO3/c18-12-6-8-13(9-7-12)22-10-14-15(16(19)21)20-17(23-14)11-4-2-1-3-5-11/h1-9H,10H2. The number of halogens is 2. The Morgan fingerprint density at radius 2 is 1.78 bits per heavy atom. The van der Waals surface area contributed by atoms with Crippen LogP contribution in [-0.2, 0) is 6.61 Å². The molecular formula is C17H11Cl2NO3. The Balaban J connectivity index is 1.84. The Kier molecular flexibility index (Phi) is 4.65. The maximum atomic E-state index is 11.5. The number of hydrogen-bond acceptors (Lipinski definition) is 4. The second-order valence-corrected chi connectivity index (χ2v) is 5.45. The summed E-state index contributed by atoms with van der Waals surface area (Å²) in [7, 11) is 0. The monoisotopic (exact) mass is 347 g/mol. The van der Waals surface area contributed by atoms with E-state index >= 15 is 0 Å². The lowest BCUT2D eigenvalue weighted by Crippen LogP contribution is -2.00. The highest BCUT2D eigenvalue weighted by Crippen LogP contribution is 2.24. The van der Waals surface area contributed by atoms with Crippen LogP contribution in [0, 0.1) is 0 Å². The zero-order chi connectivity index (χ0) is 16.2. The van der Waals surface area contributed by atoms with Gasteiger partial charge in [0, 0.05) is 10.6 Å². The van der Waals surface area contributed by atoms with Crippen LogP contribution in [0.2, 0.25) is 5.02 Å². The SMILES string of the molecule is O=C(Cl)c1nc(-c2ccccc2)oc1COc1ccc(Cl)cc1. The first-order valence-corrected chi connectivity index (χ1v) is 7.52. The lowest BCUT2D eigenvalue weighted by molar-refractivity contribution is 0.107. The molecule has 3 rings (SSSR count). The number of oxazole rings is 1. The van der Waals surface area contributed by atoms with Crippen molar-refractivity contribution in [3.8, 4) is 17.2 Å². The smallest absolute Gasteiger partial charge is 0.274 e. The fourth-order valence-corrected chi connectivity index (χ4v) is 2.26. The quantitative estimate of drug-likeness (QED) is 0.612. The molecule has 0 saturated carbocycles. The minimum Gasteiger partial charge on any atom is -0.486 e. The highest BCUT2D eigenvalue weighted by atomic mass is 35.5. The number of benzene rings is 2. The van der Waals surface area contributed by atoms with Gasteiger partial charge in [-0.15, -0.1) is 0 Å². The molecule has 3 aromatic rings. The minimum absolute atomic E-state index is 0.0370. The number of hydrogen-bond donors (Lipinski definition) is 0. The van der Waals surface area contributed by atoms with Gasteiger partial charge in [0.25, 0.3) is 5.24 Å². The van der Waals surface area contributed by atoms with Crippen molar-refractivity contribution in [2.24, 2.45) is 0 Å². The van der Waals surface area contributed by atoms with Crippen LogP contribution in [0.1, 0.15) is 16.2 Å². The van der Waals surface area contributed by atoms with Crippen LogP contribution in [0.5, 0.6) is 5.75 Å². The summed E-state index contributed by atoms with van der Waals surface area (Å²) in [5, 5.41) is -0.0781. The van der Waals surface area contributed by atoms with Gasteiger partial charge in [-0.05, 0) is 48.0 Å². The maximum Gasteiger partial charge on any atom is 0.274 e. The van der Waals surface area contributed by atoms with E-state index in [1.165, 1.54) is 0 Å². The van der Waals surface area contributed by atoms with E-state index in [2.05, 4.69) is 4.98 Å². The summed E-state index contributed by atoms with van der Waals surface area (Å²) in [6, 6.07) is 16.1. The number of carbonyl (C=O) groups excluding carboxylic acids is 1. The van der Waals surface area contributed by atoms with E-state index < -0.39 is 5.24 Å². The van der Waals surface area contributed by atoms with Crippen LogP contribution in [0.25, 0.3) is 11.5 Å². The zero-order valence-corrected chi connectivity index (χ0v) is 13.3. The van der Waals surface area contributed by atoms with Gasteiger partial charge in [0.1, 0.15) is 12.4 Å². The molecule has 0 bridgehead atoms. The molecule has 1 aromatic heterocycles. The molecule has 4 nitrogen and oxygen atoms in total. The van der Waals surface area contributed by atoms with Gasteiger partial charge in [-0.3, -0.25) is 4.79 Å². The first kappa shape index (κ1) is 15.6. The van der Waals surface area contributed by atoms with E-state index in [9.17, 15) is 4.79 Å². The van der Waals surface area contributed by atoms with Gasteiger partial charge in [0.2, 0.25) is 5.89 Å². The van der Waals surface area contributed by atoms with E-state index in [4.69, 9.17) is 32.4 Å². The summed E-state index contributed by atoms with van der Waals surface area (Å²) in [5.74, 6) is 1.20. The van der Waals surface area contributed by atoms with Gasteiger partial charge >= 0.3 is 0 Å². The number of ether oxygens (including phenoxy) is 1. The van der Waals surface area contributed by atoms with Crippen molar-refractivity contribution in [3.63, 3.8) is 0 Å². The van der Waals surface area contributed by atoms with Crippen LogP contribution in [0.4, 0.5) is 0 Å². The second kappa shape index (κ2) is 6.86. The van der Waals surface area contributed by atoms with E-state index in [-0.39, 0.29) is 18.1 Å². The predicted molar refractivity (Wildman–Crippen MR) is 87.9 cm³/mol. The van der Waals surface area contributed by atoms with E-state index in [0.717, 1.165) is 5.56 Å². The molecule has 2 aromatic carbocycles. The molecule has 0 N–H and O–H groups in total. The van der Waals surface area contributed by atoms with Crippen LogP contribution >= 0.6 is 23.2 Å². The molecule has 0 radical (unpaired) electrons. The average Bonchev–Trinajstić information content (AvgIpc) is 3.00. The van der Waals surface area contributed by atoms with Crippen molar-refractivity contribution >= 4 is 28.4 Å². The fourth-order valence-electron chi connectivity index (χ4n) is 1.99. The molecule has 0 fully saturated rings. The Morgan fingerprint density at radius 3 is 2.43 bits per heavy atom. The third-order valence-electron chi connectivity index (χ3n) is 3.09. The molecule has 23 heavy (non-hydrogen) atoms. The van der Waals surface area contributed by atoms with Crippen LogP contribution in [-0.4, -0.2) is 10.2 Å². The van der Waals surface area contributed by atoms with Gasteiger partial charge in [-0.2, -0.15) is 0 Å². The van der Waals surface area contributed by atoms with Gasteiger partial charge in [0.15, 0.2) is 11.5 Å². The Bertz CT molecular complexity index is 814. The van der Waals surface area contributed by atoms with E-state index in [1.54, 1.807) is 24.3 Å². The van der Waals surface area contributed by atoms with Crippen molar-refractivity contribution in [2.75, 3.05) is 0 Å². The topological polar surface area (TPSA) is 52.3 Å². The fraction of sp³-hybridized carbons (Fsp3) is 0.0588. The van der Waals surface area contributed by atoms with Crippen LogP contribution < -0.4 is 4.74 Å².